The summed E-state index contributed by atoms with van der Waals surface area (Å²) in [5, 5.41) is 5.10. The second-order valence-electron chi connectivity index (χ2n) is 6.93. The van der Waals surface area contributed by atoms with E-state index in [1.807, 2.05) is 17.5 Å². The maximum absolute atomic E-state index is 12.6. The summed E-state index contributed by atoms with van der Waals surface area (Å²) >= 11 is 7.54. The summed E-state index contributed by atoms with van der Waals surface area (Å²) in [5.74, 6) is -0.468. The first-order valence-electron chi connectivity index (χ1n) is 9.01. The van der Waals surface area contributed by atoms with E-state index in [-0.39, 0.29) is 23.6 Å². The lowest BCUT2D eigenvalue weighted by atomic mass is 9.95. The van der Waals surface area contributed by atoms with Gasteiger partial charge in [0.05, 0.1) is 15.5 Å². The van der Waals surface area contributed by atoms with Crippen molar-refractivity contribution < 1.29 is 14.4 Å². The molecule has 0 saturated carbocycles. The number of anilines is 1. The molecule has 6 nitrogen and oxygen atoms in total. The van der Waals surface area contributed by atoms with E-state index in [0.29, 0.717) is 42.2 Å². The summed E-state index contributed by atoms with van der Waals surface area (Å²) in [5.41, 5.74) is 0.887. The van der Waals surface area contributed by atoms with Crippen molar-refractivity contribution in [2.45, 2.75) is 12.8 Å². The van der Waals surface area contributed by atoms with E-state index >= 15 is 0 Å². The Hall–Kier alpha value is -2.38. The van der Waals surface area contributed by atoms with Gasteiger partial charge in [-0.25, -0.2) is 0 Å². The Balaban J connectivity index is 1.60. The van der Waals surface area contributed by atoms with Gasteiger partial charge in [0.25, 0.3) is 11.8 Å². The van der Waals surface area contributed by atoms with E-state index in [1.165, 1.54) is 16.2 Å². The van der Waals surface area contributed by atoms with Gasteiger partial charge in [0.1, 0.15) is 0 Å². The van der Waals surface area contributed by atoms with Crippen molar-refractivity contribution in [2.24, 2.45) is 5.92 Å². The molecule has 0 atom stereocenters. The van der Waals surface area contributed by atoms with Crippen LogP contribution in [0.15, 0.2) is 35.7 Å². The Kier molecular flexibility index (Phi) is 6.36. The molecule has 0 unspecified atom stereocenters. The molecule has 1 aromatic heterocycles. The van der Waals surface area contributed by atoms with Gasteiger partial charge in [-0.2, -0.15) is 0 Å². The van der Waals surface area contributed by atoms with Gasteiger partial charge in [-0.3, -0.25) is 14.4 Å². The maximum atomic E-state index is 12.6. The molecular formula is C20H22ClN3O3S. The number of hydrogen-bond acceptors (Lipinski definition) is 4. The molecule has 0 radical (unpaired) electrons. The SMILES string of the molecule is CN(C)C(=O)c1cc(NC(=O)C2CCN(C(=O)c3cccs3)CC2)ccc1Cl. The summed E-state index contributed by atoms with van der Waals surface area (Å²) in [6.07, 6.45) is 1.22. The lowest BCUT2D eigenvalue weighted by Gasteiger charge is -2.31. The van der Waals surface area contributed by atoms with Crippen LogP contribution in [0.4, 0.5) is 5.69 Å². The smallest absolute Gasteiger partial charge is 0.263 e. The highest BCUT2D eigenvalue weighted by Crippen LogP contribution is 2.25. The number of benzene rings is 1. The molecule has 2 heterocycles. The molecule has 0 aliphatic carbocycles. The van der Waals surface area contributed by atoms with Crippen LogP contribution >= 0.6 is 22.9 Å². The fourth-order valence-corrected chi connectivity index (χ4v) is 4.04. The zero-order chi connectivity index (χ0) is 20.3. The van der Waals surface area contributed by atoms with E-state index in [2.05, 4.69) is 5.32 Å². The van der Waals surface area contributed by atoms with Gasteiger partial charge in [-0.15, -0.1) is 11.3 Å². The van der Waals surface area contributed by atoms with Crippen LogP contribution in [-0.4, -0.2) is 54.7 Å². The van der Waals surface area contributed by atoms with Gasteiger partial charge >= 0.3 is 0 Å². The van der Waals surface area contributed by atoms with Crippen LogP contribution in [0.25, 0.3) is 0 Å². The van der Waals surface area contributed by atoms with Gasteiger partial charge in [0, 0.05) is 38.8 Å². The van der Waals surface area contributed by atoms with Gasteiger partial charge in [-0.1, -0.05) is 17.7 Å². The summed E-state index contributed by atoms with van der Waals surface area (Å²) in [4.78, 5) is 41.2. The van der Waals surface area contributed by atoms with Gasteiger partial charge in [-0.05, 0) is 42.5 Å². The number of amides is 3. The average Bonchev–Trinajstić information content (AvgIpc) is 3.23. The second kappa shape index (κ2) is 8.75. The Bertz CT molecular complexity index is 875. The maximum Gasteiger partial charge on any atom is 0.263 e. The molecule has 8 heteroatoms. The highest BCUT2D eigenvalue weighted by Gasteiger charge is 2.28. The van der Waals surface area contributed by atoms with Crippen LogP contribution < -0.4 is 5.32 Å². The number of carbonyl (C=O) groups is 3. The zero-order valence-electron chi connectivity index (χ0n) is 15.8. The lowest BCUT2D eigenvalue weighted by molar-refractivity contribution is -0.121. The fraction of sp³-hybridized carbons (Fsp3) is 0.350. The minimum atomic E-state index is -0.221. The molecule has 2 aromatic rings. The molecule has 3 rings (SSSR count). The molecule has 1 fully saturated rings. The molecule has 148 valence electrons. The number of thiophene rings is 1. The first kappa shape index (κ1) is 20.4. The van der Waals surface area contributed by atoms with E-state index in [9.17, 15) is 14.4 Å². The minimum absolute atomic E-state index is 0.0263. The highest BCUT2D eigenvalue weighted by molar-refractivity contribution is 7.12. The number of nitrogens with zero attached hydrogens (tertiary/aromatic N) is 2. The number of likely N-dealkylation sites (tertiary alicyclic amines) is 1. The third-order valence-corrected chi connectivity index (χ3v) is 5.94. The Labute approximate surface area is 173 Å². The molecular weight excluding hydrogens is 398 g/mol. The number of hydrogen-bond donors (Lipinski definition) is 1. The van der Waals surface area contributed by atoms with Gasteiger partial charge < -0.3 is 15.1 Å². The molecule has 0 bridgehead atoms. The number of halogens is 1. The van der Waals surface area contributed by atoms with Crippen LogP contribution in [0.3, 0.4) is 0 Å². The molecule has 28 heavy (non-hydrogen) atoms. The Morgan fingerprint density at radius 3 is 2.50 bits per heavy atom. The minimum Gasteiger partial charge on any atom is -0.345 e. The second-order valence-corrected chi connectivity index (χ2v) is 8.28. The van der Waals surface area contributed by atoms with E-state index in [0.717, 1.165) is 4.88 Å². The Morgan fingerprint density at radius 1 is 1.18 bits per heavy atom. The molecule has 1 aliphatic heterocycles. The molecule has 1 aliphatic rings. The molecule has 0 spiro atoms. The van der Waals surface area contributed by atoms with E-state index in [4.69, 9.17) is 11.6 Å². The number of rotatable bonds is 4. The van der Waals surface area contributed by atoms with E-state index in [1.54, 1.807) is 37.2 Å². The van der Waals surface area contributed by atoms with Crippen molar-refractivity contribution in [3.63, 3.8) is 0 Å². The summed E-state index contributed by atoms with van der Waals surface area (Å²) < 4.78 is 0. The van der Waals surface area contributed by atoms with Gasteiger partial charge in [0.15, 0.2) is 0 Å². The lowest BCUT2D eigenvalue weighted by Crippen LogP contribution is -2.41. The monoisotopic (exact) mass is 419 g/mol. The fourth-order valence-electron chi connectivity index (χ4n) is 3.15. The van der Waals surface area contributed by atoms with E-state index < -0.39 is 0 Å². The van der Waals surface area contributed by atoms with Crippen LogP contribution in [0.1, 0.15) is 32.9 Å². The largest absolute Gasteiger partial charge is 0.345 e. The molecule has 1 N–H and O–H groups in total. The van der Waals surface area contributed by atoms with Crippen molar-refractivity contribution in [3.05, 3.63) is 51.2 Å². The topological polar surface area (TPSA) is 69.7 Å². The summed E-state index contributed by atoms with van der Waals surface area (Å²) in [6.45, 7) is 1.11. The third kappa shape index (κ3) is 4.54. The standard InChI is InChI=1S/C20H22ClN3O3S/c1-23(2)19(26)15-12-14(5-6-16(15)21)22-18(25)13-7-9-24(10-8-13)20(27)17-4-3-11-28-17/h3-6,11-13H,7-10H2,1-2H3,(H,22,25). The first-order chi connectivity index (χ1) is 13.4. The molecule has 1 saturated heterocycles. The Morgan fingerprint density at radius 2 is 1.89 bits per heavy atom. The van der Waals surface area contributed by atoms with Crippen LogP contribution in [0.2, 0.25) is 5.02 Å². The normalized spacial score (nSPS) is 14.6. The highest BCUT2D eigenvalue weighted by atomic mass is 35.5. The van der Waals surface area contributed by atoms with Gasteiger partial charge in [0.2, 0.25) is 5.91 Å². The van der Waals surface area contributed by atoms with Crippen molar-refractivity contribution in [1.29, 1.82) is 0 Å². The van der Waals surface area contributed by atoms with Crippen LogP contribution in [0, 0.1) is 5.92 Å². The molecule has 3 amide bonds. The van der Waals surface area contributed by atoms with Crippen molar-refractivity contribution in [3.8, 4) is 0 Å². The van der Waals surface area contributed by atoms with Crippen molar-refractivity contribution in [2.75, 3.05) is 32.5 Å². The third-order valence-electron chi connectivity index (χ3n) is 4.76. The van der Waals surface area contributed by atoms with Crippen molar-refractivity contribution in [1.82, 2.24) is 9.80 Å². The zero-order valence-corrected chi connectivity index (χ0v) is 17.3. The first-order valence-corrected chi connectivity index (χ1v) is 10.3. The summed E-state index contributed by atoms with van der Waals surface area (Å²) in [6, 6.07) is 8.56. The quantitative estimate of drug-likeness (QED) is 0.823. The van der Waals surface area contributed by atoms with Crippen LogP contribution in [-0.2, 0) is 4.79 Å². The number of piperidine rings is 1. The summed E-state index contributed by atoms with van der Waals surface area (Å²) in [7, 11) is 3.30. The predicted molar refractivity (Wildman–Crippen MR) is 111 cm³/mol. The van der Waals surface area contributed by atoms with Crippen LogP contribution in [0.5, 0.6) is 0 Å². The predicted octanol–water partition coefficient (Wildman–Crippen LogP) is 3.59. The van der Waals surface area contributed by atoms with Crippen molar-refractivity contribution >= 4 is 46.3 Å². The number of carbonyl (C=O) groups excluding carboxylic acids is 3. The number of nitrogens with one attached hydrogen (secondary N) is 1. The average molecular weight is 420 g/mol. The molecule has 1 aromatic carbocycles.